The standard InChI is InChI=1S/C24H28N4O4S/c1-4-16-9-7-8-12-28(16)24(31)21-15(2)20-22(33-21)25-14-27(23(20)30)13-19(29)26-17-10-5-6-11-18(17)32-3/h5-6,10-11,14,16H,4,7-9,12-13H2,1-3H3,(H,26,29). The van der Waals surface area contributed by atoms with Crippen LogP contribution in [-0.4, -0.2) is 46.0 Å². The van der Waals surface area contributed by atoms with Crippen LogP contribution in [0.4, 0.5) is 5.69 Å². The summed E-state index contributed by atoms with van der Waals surface area (Å²) in [6.07, 6.45) is 5.43. The normalized spacial score (nSPS) is 16.1. The van der Waals surface area contributed by atoms with Crippen LogP contribution in [0.25, 0.3) is 10.2 Å². The number of fused-ring (bicyclic) bond motifs is 1. The molecule has 9 heteroatoms. The van der Waals surface area contributed by atoms with E-state index in [1.807, 2.05) is 11.0 Å². The average Bonchev–Trinajstić information content (AvgIpc) is 3.17. The van der Waals surface area contributed by atoms with Crippen LogP contribution < -0.4 is 15.6 Å². The van der Waals surface area contributed by atoms with Gasteiger partial charge in [0.25, 0.3) is 11.5 Å². The van der Waals surface area contributed by atoms with E-state index < -0.39 is 0 Å². The Bertz CT molecular complexity index is 1250. The van der Waals surface area contributed by atoms with Gasteiger partial charge in [0.15, 0.2) is 0 Å². The number of benzene rings is 1. The number of rotatable bonds is 6. The van der Waals surface area contributed by atoms with Gasteiger partial charge in [0.05, 0.1) is 29.4 Å². The predicted octanol–water partition coefficient (Wildman–Crippen LogP) is 3.82. The summed E-state index contributed by atoms with van der Waals surface area (Å²) in [6, 6.07) is 7.30. The van der Waals surface area contributed by atoms with Crippen molar-refractivity contribution in [1.82, 2.24) is 14.5 Å². The van der Waals surface area contributed by atoms with Gasteiger partial charge in [0, 0.05) is 12.6 Å². The summed E-state index contributed by atoms with van der Waals surface area (Å²) in [7, 11) is 1.53. The number of aryl methyl sites for hydroxylation is 1. The van der Waals surface area contributed by atoms with Crippen LogP contribution in [0.5, 0.6) is 5.75 Å². The molecule has 1 aromatic carbocycles. The largest absolute Gasteiger partial charge is 0.495 e. The van der Waals surface area contributed by atoms with E-state index in [9.17, 15) is 14.4 Å². The highest BCUT2D eigenvalue weighted by Gasteiger charge is 2.29. The van der Waals surface area contributed by atoms with E-state index >= 15 is 0 Å². The maximum atomic E-state index is 13.3. The molecule has 1 N–H and O–H groups in total. The number of hydrogen-bond donors (Lipinski definition) is 1. The molecule has 1 saturated heterocycles. The van der Waals surface area contributed by atoms with Crippen molar-refractivity contribution in [3.63, 3.8) is 0 Å². The van der Waals surface area contributed by atoms with Crippen LogP contribution in [-0.2, 0) is 11.3 Å². The molecule has 0 saturated carbocycles. The maximum absolute atomic E-state index is 13.3. The van der Waals surface area contributed by atoms with E-state index in [0.717, 1.165) is 32.2 Å². The van der Waals surface area contributed by atoms with Crippen molar-refractivity contribution in [2.75, 3.05) is 19.0 Å². The van der Waals surface area contributed by atoms with Gasteiger partial charge in [-0.15, -0.1) is 11.3 Å². The molecule has 1 atom stereocenters. The smallest absolute Gasteiger partial charge is 0.264 e. The lowest BCUT2D eigenvalue weighted by Gasteiger charge is -2.35. The Morgan fingerprint density at radius 3 is 2.82 bits per heavy atom. The molecule has 8 nitrogen and oxygen atoms in total. The summed E-state index contributed by atoms with van der Waals surface area (Å²) in [4.78, 5) is 46.5. The highest BCUT2D eigenvalue weighted by atomic mass is 32.1. The van der Waals surface area contributed by atoms with Crippen LogP contribution in [0.1, 0.15) is 47.8 Å². The number of para-hydroxylation sites is 2. The lowest BCUT2D eigenvalue weighted by atomic mass is 9.99. The zero-order valence-electron chi connectivity index (χ0n) is 19.1. The number of nitrogens with one attached hydrogen (secondary N) is 1. The second kappa shape index (κ2) is 9.74. The summed E-state index contributed by atoms with van der Waals surface area (Å²) in [5.41, 5.74) is 0.838. The molecule has 33 heavy (non-hydrogen) atoms. The maximum Gasteiger partial charge on any atom is 0.264 e. The Labute approximate surface area is 196 Å². The molecule has 0 radical (unpaired) electrons. The van der Waals surface area contributed by atoms with Crippen molar-refractivity contribution in [2.24, 2.45) is 0 Å². The number of carbonyl (C=O) groups excluding carboxylic acids is 2. The third kappa shape index (κ3) is 4.50. The molecule has 0 spiro atoms. The third-order valence-electron chi connectivity index (χ3n) is 6.17. The summed E-state index contributed by atoms with van der Waals surface area (Å²) in [6.45, 7) is 4.44. The Morgan fingerprint density at radius 1 is 1.27 bits per heavy atom. The van der Waals surface area contributed by atoms with Gasteiger partial charge in [-0.25, -0.2) is 4.98 Å². The number of amides is 2. The fourth-order valence-corrected chi connectivity index (χ4v) is 5.49. The monoisotopic (exact) mass is 468 g/mol. The van der Waals surface area contributed by atoms with Gasteiger partial charge < -0.3 is 15.0 Å². The highest BCUT2D eigenvalue weighted by Crippen LogP contribution is 2.31. The van der Waals surface area contributed by atoms with Crippen LogP contribution in [0.3, 0.4) is 0 Å². The molecule has 1 aliphatic heterocycles. The highest BCUT2D eigenvalue weighted by molar-refractivity contribution is 7.20. The molecule has 0 bridgehead atoms. The van der Waals surface area contributed by atoms with Crippen molar-refractivity contribution >= 4 is 39.1 Å². The average molecular weight is 469 g/mol. The predicted molar refractivity (Wildman–Crippen MR) is 129 cm³/mol. The quantitative estimate of drug-likeness (QED) is 0.594. The first-order valence-corrected chi connectivity index (χ1v) is 12.0. The van der Waals surface area contributed by atoms with E-state index in [-0.39, 0.29) is 30.0 Å². The Kier molecular flexibility index (Phi) is 6.78. The Morgan fingerprint density at radius 2 is 2.06 bits per heavy atom. The minimum atomic E-state index is -0.369. The van der Waals surface area contributed by atoms with Crippen molar-refractivity contribution in [1.29, 1.82) is 0 Å². The lowest BCUT2D eigenvalue weighted by Crippen LogP contribution is -2.43. The molecular weight excluding hydrogens is 440 g/mol. The van der Waals surface area contributed by atoms with Crippen LogP contribution in [0, 0.1) is 6.92 Å². The second-order valence-corrected chi connectivity index (χ2v) is 9.22. The van der Waals surface area contributed by atoms with Crippen molar-refractivity contribution in [2.45, 2.75) is 52.1 Å². The number of likely N-dealkylation sites (tertiary alicyclic amines) is 1. The molecule has 1 aliphatic rings. The number of aromatic nitrogens is 2. The molecular formula is C24H28N4O4S. The van der Waals surface area contributed by atoms with Gasteiger partial charge in [0.1, 0.15) is 17.1 Å². The van der Waals surface area contributed by atoms with Gasteiger partial charge in [-0.1, -0.05) is 19.1 Å². The summed E-state index contributed by atoms with van der Waals surface area (Å²) < 4.78 is 6.53. The first kappa shape index (κ1) is 23.0. The number of nitrogens with zero attached hydrogens (tertiary/aromatic N) is 3. The third-order valence-corrected chi connectivity index (χ3v) is 7.35. The minimum absolute atomic E-state index is 0.0260. The fourth-order valence-electron chi connectivity index (χ4n) is 4.39. The summed E-state index contributed by atoms with van der Waals surface area (Å²) in [5, 5.41) is 3.17. The second-order valence-electron chi connectivity index (χ2n) is 8.22. The van der Waals surface area contributed by atoms with E-state index in [2.05, 4.69) is 17.2 Å². The first-order valence-electron chi connectivity index (χ1n) is 11.2. The van der Waals surface area contributed by atoms with E-state index in [1.165, 1.54) is 29.3 Å². The minimum Gasteiger partial charge on any atom is -0.495 e. The van der Waals surface area contributed by atoms with Crippen LogP contribution >= 0.6 is 11.3 Å². The van der Waals surface area contributed by atoms with E-state index in [0.29, 0.717) is 32.1 Å². The number of piperidine rings is 1. The van der Waals surface area contributed by atoms with Crippen molar-refractivity contribution < 1.29 is 14.3 Å². The molecule has 2 amide bonds. The van der Waals surface area contributed by atoms with Gasteiger partial charge in [0.2, 0.25) is 5.91 Å². The van der Waals surface area contributed by atoms with Crippen molar-refractivity contribution in [3.8, 4) is 5.75 Å². The molecule has 1 unspecified atom stereocenters. The SMILES string of the molecule is CCC1CCCCN1C(=O)c1sc2ncn(CC(=O)Nc3ccccc3OC)c(=O)c2c1C. The molecule has 1 fully saturated rings. The lowest BCUT2D eigenvalue weighted by molar-refractivity contribution is -0.116. The Hall–Kier alpha value is -3.20. The fraction of sp³-hybridized carbons (Fsp3) is 0.417. The van der Waals surface area contributed by atoms with Crippen molar-refractivity contribution in [3.05, 3.63) is 51.4 Å². The zero-order valence-corrected chi connectivity index (χ0v) is 19.9. The Balaban J connectivity index is 1.60. The topological polar surface area (TPSA) is 93.5 Å². The number of hydrogen-bond acceptors (Lipinski definition) is 6. The number of thiophene rings is 1. The first-order chi connectivity index (χ1) is 15.9. The number of carbonyl (C=O) groups is 2. The van der Waals surface area contributed by atoms with Gasteiger partial charge >= 0.3 is 0 Å². The van der Waals surface area contributed by atoms with Crippen LogP contribution in [0.2, 0.25) is 0 Å². The summed E-state index contributed by atoms with van der Waals surface area (Å²) in [5.74, 6) is 0.139. The number of anilines is 1. The number of ether oxygens (including phenoxy) is 1. The molecule has 4 rings (SSSR count). The molecule has 3 aromatic rings. The molecule has 174 valence electrons. The zero-order chi connectivity index (χ0) is 23.5. The van der Waals surface area contributed by atoms with Gasteiger partial charge in [-0.3, -0.25) is 19.0 Å². The van der Waals surface area contributed by atoms with Crippen LogP contribution in [0.15, 0.2) is 35.4 Å². The molecule has 0 aliphatic carbocycles. The molecule has 2 aromatic heterocycles. The number of methoxy groups -OCH3 is 1. The molecule has 3 heterocycles. The van der Waals surface area contributed by atoms with Gasteiger partial charge in [-0.05, 0) is 50.3 Å². The van der Waals surface area contributed by atoms with Gasteiger partial charge in [-0.2, -0.15) is 0 Å². The van der Waals surface area contributed by atoms with E-state index in [4.69, 9.17) is 4.74 Å². The summed E-state index contributed by atoms with van der Waals surface area (Å²) >= 11 is 1.25. The van der Waals surface area contributed by atoms with E-state index in [1.54, 1.807) is 25.1 Å².